The molecule has 1 saturated carbocycles. The van der Waals surface area contributed by atoms with E-state index in [-0.39, 0.29) is 13.2 Å². The second-order valence-electron chi connectivity index (χ2n) is 8.16. The number of ether oxygens (including phenoxy) is 4. The molecule has 0 aromatic carbocycles. The third-order valence-electron chi connectivity index (χ3n) is 5.99. The zero-order valence-corrected chi connectivity index (χ0v) is 17.5. The van der Waals surface area contributed by atoms with Gasteiger partial charge in [0.25, 0.3) is 0 Å². The SMILES string of the molecule is CNC1/C(=C\O)CO[C@H](O[C@H]2[C@H](N)C[C@H](N)C(O[C@H]3OC(CN)=CC[C@H]3N)[C@@H]2O)[C@@H]1O. The molecule has 2 unspecified atom stereocenters. The lowest BCUT2D eigenvalue weighted by Gasteiger charge is -2.46. The molecular weight excluding hydrogens is 410 g/mol. The van der Waals surface area contributed by atoms with Crippen LogP contribution in [-0.4, -0.2) is 96.7 Å². The maximum absolute atomic E-state index is 11.0. The van der Waals surface area contributed by atoms with Gasteiger partial charge in [0.2, 0.25) is 6.29 Å². The fraction of sp³-hybridized carbons (Fsp3) is 0.789. The molecule has 12 nitrogen and oxygen atoms in total. The maximum atomic E-state index is 11.0. The Morgan fingerprint density at radius 1 is 1.10 bits per heavy atom. The molecule has 0 aromatic rings. The van der Waals surface area contributed by atoms with Crippen molar-refractivity contribution in [3.05, 3.63) is 23.7 Å². The van der Waals surface area contributed by atoms with Crippen molar-refractivity contribution < 1.29 is 34.3 Å². The van der Waals surface area contributed by atoms with Gasteiger partial charge in [-0.3, -0.25) is 0 Å². The van der Waals surface area contributed by atoms with Gasteiger partial charge < -0.3 is 62.5 Å². The van der Waals surface area contributed by atoms with E-state index < -0.39 is 61.2 Å². The molecule has 178 valence electrons. The zero-order valence-electron chi connectivity index (χ0n) is 17.5. The van der Waals surface area contributed by atoms with Crippen LogP contribution in [0, 0.1) is 0 Å². The number of nitrogens with one attached hydrogen (secondary N) is 1. The van der Waals surface area contributed by atoms with Crippen molar-refractivity contribution >= 4 is 0 Å². The monoisotopic (exact) mass is 445 g/mol. The van der Waals surface area contributed by atoms with Gasteiger partial charge in [0.1, 0.15) is 30.2 Å². The quantitative estimate of drug-likeness (QED) is 0.190. The number of rotatable bonds is 6. The van der Waals surface area contributed by atoms with E-state index in [1.807, 2.05) is 0 Å². The Bertz CT molecular complexity index is 666. The predicted octanol–water partition coefficient (Wildman–Crippen LogP) is -3.16. The summed E-state index contributed by atoms with van der Waals surface area (Å²) in [7, 11) is 1.64. The van der Waals surface area contributed by atoms with E-state index in [1.165, 1.54) is 0 Å². The molecule has 0 aromatic heterocycles. The third-order valence-corrected chi connectivity index (χ3v) is 5.99. The Labute approximate surface area is 181 Å². The highest BCUT2D eigenvalue weighted by Gasteiger charge is 2.48. The molecule has 0 radical (unpaired) electrons. The predicted molar refractivity (Wildman–Crippen MR) is 110 cm³/mol. The van der Waals surface area contributed by atoms with Crippen molar-refractivity contribution in [3.8, 4) is 0 Å². The maximum Gasteiger partial charge on any atom is 0.215 e. The molecule has 31 heavy (non-hydrogen) atoms. The normalized spacial score (nSPS) is 45.3. The van der Waals surface area contributed by atoms with E-state index in [2.05, 4.69) is 5.32 Å². The number of hydrogen-bond donors (Lipinski definition) is 8. The van der Waals surface area contributed by atoms with Crippen LogP contribution < -0.4 is 28.3 Å². The average molecular weight is 446 g/mol. The minimum atomic E-state index is -1.22. The topological polar surface area (TPSA) is 214 Å². The molecule has 2 heterocycles. The molecule has 10 atom stereocenters. The van der Waals surface area contributed by atoms with Crippen LogP contribution in [0.4, 0.5) is 0 Å². The fourth-order valence-corrected chi connectivity index (χ4v) is 4.21. The zero-order chi connectivity index (χ0) is 22.7. The highest BCUT2D eigenvalue weighted by Crippen LogP contribution is 2.30. The molecule has 2 aliphatic heterocycles. The number of likely N-dealkylation sites (N-methyl/N-ethyl adjacent to an activating group) is 1. The largest absolute Gasteiger partial charge is 0.515 e. The molecule has 0 amide bonds. The van der Waals surface area contributed by atoms with Gasteiger partial charge in [0.15, 0.2) is 6.29 Å². The molecule has 1 aliphatic carbocycles. The van der Waals surface area contributed by atoms with Gasteiger partial charge in [-0.05, 0) is 26.0 Å². The number of aliphatic hydroxyl groups excluding tert-OH is 3. The molecule has 3 aliphatic rings. The number of nitrogens with two attached hydrogens (primary N) is 4. The third kappa shape index (κ3) is 5.20. The summed E-state index contributed by atoms with van der Waals surface area (Å²) < 4.78 is 23.1. The first-order valence-corrected chi connectivity index (χ1v) is 10.4. The number of hydrogen-bond acceptors (Lipinski definition) is 12. The smallest absolute Gasteiger partial charge is 0.215 e. The van der Waals surface area contributed by atoms with Gasteiger partial charge in [-0.25, -0.2) is 0 Å². The van der Waals surface area contributed by atoms with Crippen molar-refractivity contribution in [2.45, 2.75) is 74.0 Å². The van der Waals surface area contributed by atoms with Crippen LogP contribution in [-0.2, 0) is 18.9 Å². The Morgan fingerprint density at radius 3 is 2.32 bits per heavy atom. The van der Waals surface area contributed by atoms with E-state index in [0.717, 1.165) is 6.26 Å². The second-order valence-corrected chi connectivity index (χ2v) is 8.16. The molecule has 0 bridgehead atoms. The first-order chi connectivity index (χ1) is 14.8. The molecule has 3 rings (SSSR count). The van der Waals surface area contributed by atoms with Crippen LogP contribution >= 0.6 is 0 Å². The summed E-state index contributed by atoms with van der Waals surface area (Å²) in [6.07, 6.45) is -2.55. The lowest BCUT2D eigenvalue weighted by Crippen LogP contribution is -2.66. The Hall–Kier alpha value is -1.32. The molecule has 12 N–H and O–H groups in total. The van der Waals surface area contributed by atoms with Gasteiger partial charge in [-0.2, -0.15) is 0 Å². The van der Waals surface area contributed by atoms with E-state index in [4.69, 9.17) is 41.9 Å². The lowest BCUT2D eigenvalue weighted by atomic mass is 9.84. The molecule has 0 spiro atoms. The second kappa shape index (κ2) is 10.5. The fourth-order valence-electron chi connectivity index (χ4n) is 4.21. The summed E-state index contributed by atoms with van der Waals surface area (Å²) in [6.45, 7) is 0.247. The summed E-state index contributed by atoms with van der Waals surface area (Å²) in [4.78, 5) is 0. The van der Waals surface area contributed by atoms with E-state index in [9.17, 15) is 15.3 Å². The van der Waals surface area contributed by atoms with Crippen LogP contribution in [0.3, 0.4) is 0 Å². The summed E-state index contributed by atoms with van der Waals surface area (Å²) >= 11 is 0. The highest BCUT2D eigenvalue weighted by molar-refractivity contribution is 5.14. The average Bonchev–Trinajstić information content (AvgIpc) is 2.75. The van der Waals surface area contributed by atoms with Gasteiger partial charge in [-0.15, -0.1) is 0 Å². The van der Waals surface area contributed by atoms with E-state index >= 15 is 0 Å². The van der Waals surface area contributed by atoms with Crippen LogP contribution in [0.25, 0.3) is 0 Å². The first kappa shape index (κ1) is 24.3. The molecule has 12 heteroatoms. The van der Waals surface area contributed by atoms with Crippen molar-refractivity contribution in [2.75, 3.05) is 20.2 Å². The van der Waals surface area contributed by atoms with Crippen molar-refractivity contribution in [2.24, 2.45) is 22.9 Å². The van der Waals surface area contributed by atoms with E-state index in [1.54, 1.807) is 13.1 Å². The van der Waals surface area contributed by atoms with Crippen LogP contribution in [0.15, 0.2) is 23.7 Å². The van der Waals surface area contributed by atoms with Gasteiger partial charge in [0.05, 0.1) is 31.5 Å². The van der Waals surface area contributed by atoms with Gasteiger partial charge in [0, 0.05) is 17.7 Å². The molecular formula is C19H35N5O7. The Balaban J connectivity index is 1.69. The van der Waals surface area contributed by atoms with Crippen LogP contribution in [0.2, 0.25) is 0 Å². The summed E-state index contributed by atoms with van der Waals surface area (Å²) in [5, 5.41) is 33.8. The standard InChI is InChI=1S/C19H35N5O7/c1-24-13-8(6-25)7-28-19(14(13)26)31-17-12(23)4-11(22)16(15(17)27)30-18-10(21)3-2-9(5-20)29-18/h2,6,10-19,24-27H,3-5,7,20-23H2,1H3/b8-6-/t10-,11+,12-,13?,14-,15+,16?,17+,18-,19-/m1/s1. The summed E-state index contributed by atoms with van der Waals surface area (Å²) in [5.41, 5.74) is 24.6. The van der Waals surface area contributed by atoms with Gasteiger partial charge >= 0.3 is 0 Å². The van der Waals surface area contributed by atoms with Crippen molar-refractivity contribution in [1.29, 1.82) is 0 Å². The number of aliphatic hydroxyl groups is 3. The Kier molecular flexibility index (Phi) is 8.26. The lowest BCUT2D eigenvalue weighted by molar-refractivity contribution is -0.274. The Morgan fingerprint density at radius 2 is 1.74 bits per heavy atom. The highest BCUT2D eigenvalue weighted by atomic mass is 16.7. The first-order valence-electron chi connectivity index (χ1n) is 10.4. The molecule has 1 saturated heterocycles. The van der Waals surface area contributed by atoms with Crippen molar-refractivity contribution in [3.63, 3.8) is 0 Å². The summed E-state index contributed by atoms with van der Waals surface area (Å²) in [5.74, 6) is 0.555. The molecule has 2 fully saturated rings. The summed E-state index contributed by atoms with van der Waals surface area (Å²) in [6, 6.07) is -2.23. The van der Waals surface area contributed by atoms with Gasteiger partial charge in [-0.1, -0.05) is 0 Å². The van der Waals surface area contributed by atoms with Crippen molar-refractivity contribution in [1.82, 2.24) is 5.32 Å². The van der Waals surface area contributed by atoms with Crippen LogP contribution in [0.1, 0.15) is 12.8 Å². The minimum absolute atomic E-state index is 0.0419. The minimum Gasteiger partial charge on any atom is -0.515 e. The van der Waals surface area contributed by atoms with Crippen LogP contribution in [0.5, 0.6) is 0 Å². The van der Waals surface area contributed by atoms with E-state index in [0.29, 0.717) is 24.2 Å².